The van der Waals surface area contributed by atoms with Crippen molar-refractivity contribution in [2.24, 2.45) is 0 Å². The average Bonchev–Trinajstić information content (AvgIpc) is 4.24. The Labute approximate surface area is 389 Å². The van der Waals surface area contributed by atoms with E-state index in [1.807, 2.05) is 114 Å². The Morgan fingerprint density at radius 3 is 1.55 bits per heavy atom. The minimum atomic E-state index is -0.887. The molecule has 67 heavy (non-hydrogen) atoms. The standard InChI is InChI=1S/C52H53N9O6/c1-66-40-27-30-59(33-40)51(64)57-45(38-11-5-3-6-12-38)49(62)60-28-9-15-43(60)47-53-31-41(55-47)36-23-19-34(20-24-36)17-18-35-21-25-37(26-22-35)42-32-54-48(56-42)44-16-10-29-61(44)50(63)46(58-52(65)67-2)39-13-7-4-8-14-39/h3-8,11-14,19-26,31-32,40,43-46H,9-10,15-16,27-30,33H2,1-2H3,(H,53,55)(H,54,56)(H,57,64)(H,58,65)/t40-,43-,44-,45+,46+/m0/s1. The summed E-state index contributed by atoms with van der Waals surface area (Å²) in [6.07, 6.45) is 6.79. The zero-order valence-corrected chi connectivity index (χ0v) is 37.5. The van der Waals surface area contributed by atoms with Gasteiger partial charge in [0.2, 0.25) is 5.91 Å². The summed E-state index contributed by atoms with van der Waals surface area (Å²) in [5.74, 6) is 7.55. The van der Waals surface area contributed by atoms with Crippen molar-refractivity contribution < 1.29 is 28.7 Å². The van der Waals surface area contributed by atoms with Gasteiger partial charge in [-0.3, -0.25) is 9.59 Å². The van der Waals surface area contributed by atoms with Crippen LogP contribution in [0.3, 0.4) is 0 Å². The van der Waals surface area contributed by atoms with Gasteiger partial charge in [-0.1, -0.05) is 96.8 Å². The van der Waals surface area contributed by atoms with Crippen LogP contribution in [0.1, 0.15) is 90.2 Å². The summed E-state index contributed by atoms with van der Waals surface area (Å²) in [5, 5.41) is 5.74. The number of aromatic nitrogens is 4. The molecule has 3 aliphatic heterocycles. The van der Waals surface area contributed by atoms with Crippen molar-refractivity contribution in [1.29, 1.82) is 0 Å². The van der Waals surface area contributed by atoms with Gasteiger partial charge in [0.25, 0.3) is 5.91 Å². The Kier molecular flexibility index (Phi) is 13.4. The number of rotatable bonds is 11. The highest BCUT2D eigenvalue weighted by molar-refractivity contribution is 5.89. The number of urea groups is 1. The Hall–Kier alpha value is -7.70. The van der Waals surface area contributed by atoms with E-state index in [1.54, 1.807) is 29.3 Å². The van der Waals surface area contributed by atoms with Crippen LogP contribution in [0.2, 0.25) is 0 Å². The van der Waals surface area contributed by atoms with Crippen LogP contribution in [-0.2, 0) is 19.1 Å². The third kappa shape index (κ3) is 9.95. The van der Waals surface area contributed by atoms with Crippen molar-refractivity contribution >= 4 is 23.9 Å². The summed E-state index contributed by atoms with van der Waals surface area (Å²) in [4.78, 5) is 75.5. The number of H-pyrrole nitrogens is 2. The van der Waals surface area contributed by atoms with Gasteiger partial charge in [-0.05, 0) is 78.6 Å². The fourth-order valence-corrected chi connectivity index (χ4v) is 9.24. The van der Waals surface area contributed by atoms with Crippen molar-refractivity contribution in [3.8, 4) is 34.4 Å². The number of amides is 5. The highest BCUT2D eigenvalue weighted by atomic mass is 16.5. The lowest BCUT2D eigenvalue weighted by Crippen LogP contribution is -2.47. The quantitative estimate of drug-likeness (QED) is 0.0969. The van der Waals surface area contributed by atoms with E-state index in [1.165, 1.54) is 7.11 Å². The molecule has 6 aromatic rings. The molecular formula is C52H53N9O6. The molecule has 3 aliphatic rings. The van der Waals surface area contributed by atoms with Crippen LogP contribution >= 0.6 is 0 Å². The molecule has 0 saturated carbocycles. The molecule has 0 unspecified atom stereocenters. The number of hydrogen-bond acceptors (Lipinski definition) is 8. The van der Waals surface area contributed by atoms with E-state index in [0.29, 0.717) is 43.4 Å². The average molecular weight is 900 g/mol. The van der Waals surface area contributed by atoms with Crippen molar-refractivity contribution in [3.05, 3.63) is 155 Å². The van der Waals surface area contributed by atoms with Crippen LogP contribution in [0.25, 0.3) is 22.5 Å². The van der Waals surface area contributed by atoms with Gasteiger partial charge >= 0.3 is 12.1 Å². The first-order chi connectivity index (χ1) is 32.8. The number of alkyl carbamates (subject to hydrolysis) is 1. The van der Waals surface area contributed by atoms with Gasteiger partial charge in [-0.25, -0.2) is 19.6 Å². The number of carbonyl (C=O) groups is 4. The van der Waals surface area contributed by atoms with Crippen molar-refractivity contribution in [2.45, 2.75) is 62.4 Å². The number of ether oxygens (including phenoxy) is 2. The monoisotopic (exact) mass is 899 g/mol. The molecule has 15 nitrogen and oxygen atoms in total. The van der Waals surface area contributed by atoms with Crippen molar-refractivity contribution in [1.82, 2.24) is 45.3 Å². The molecule has 0 aliphatic carbocycles. The van der Waals surface area contributed by atoms with E-state index in [-0.39, 0.29) is 36.0 Å². The zero-order valence-electron chi connectivity index (χ0n) is 37.5. The number of nitrogens with zero attached hydrogens (tertiary/aromatic N) is 5. The third-order valence-electron chi connectivity index (χ3n) is 12.9. The molecule has 3 fully saturated rings. The SMILES string of the molecule is COC(=O)N[C@@H](C(=O)N1CCC[C@H]1c1ncc(-c2ccc(C#Cc3ccc(-c4cnc([C@@H]5CCCN5C(=O)[C@H](NC(=O)N5CC[C@H](OC)C5)c5ccccc5)[nH]4)cc3)cc2)[nH]1)c1ccccc1. The van der Waals surface area contributed by atoms with Crippen molar-refractivity contribution in [3.63, 3.8) is 0 Å². The van der Waals surface area contributed by atoms with E-state index < -0.39 is 18.2 Å². The lowest BCUT2D eigenvalue weighted by atomic mass is 10.0. The van der Waals surface area contributed by atoms with Crippen LogP contribution in [0, 0.1) is 11.8 Å². The number of methoxy groups -OCH3 is 2. The smallest absolute Gasteiger partial charge is 0.407 e. The van der Waals surface area contributed by atoms with Gasteiger partial charge in [0.05, 0.1) is 49.1 Å². The predicted molar refractivity (Wildman–Crippen MR) is 251 cm³/mol. The first kappa shape index (κ1) is 44.5. The first-order valence-electron chi connectivity index (χ1n) is 22.7. The van der Waals surface area contributed by atoms with Gasteiger partial charge in [-0.15, -0.1) is 0 Å². The number of carbonyl (C=O) groups excluding carboxylic acids is 4. The molecule has 0 spiro atoms. The maximum absolute atomic E-state index is 14.3. The lowest BCUT2D eigenvalue weighted by molar-refractivity contribution is -0.135. The topological polar surface area (TPSA) is 178 Å². The maximum atomic E-state index is 14.3. The molecule has 9 rings (SSSR count). The number of benzene rings is 4. The molecular weight excluding hydrogens is 847 g/mol. The molecule has 0 radical (unpaired) electrons. The van der Waals surface area contributed by atoms with Crippen LogP contribution in [-0.4, -0.2) is 105 Å². The van der Waals surface area contributed by atoms with Gasteiger partial charge in [0, 0.05) is 44.4 Å². The Bertz CT molecular complexity index is 2750. The van der Waals surface area contributed by atoms with Crippen molar-refractivity contribution in [2.75, 3.05) is 40.4 Å². The molecule has 5 atom stereocenters. The highest BCUT2D eigenvalue weighted by Gasteiger charge is 2.39. The molecule has 5 heterocycles. The number of likely N-dealkylation sites (tertiary alicyclic amines) is 3. The minimum Gasteiger partial charge on any atom is -0.453 e. The van der Waals surface area contributed by atoms with E-state index in [4.69, 9.17) is 14.5 Å². The summed E-state index contributed by atoms with van der Waals surface area (Å²) in [6.45, 7) is 2.17. The molecule has 4 N–H and O–H groups in total. The number of nitrogens with one attached hydrogen (secondary N) is 4. The second kappa shape index (κ2) is 20.2. The molecule has 2 aromatic heterocycles. The lowest BCUT2D eigenvalue weighted by Gasteiger charge is -2.30. The first-order valence-corrected chi connectivity index (χ1v) is 22.7. The predicted octanol–water partition coefficient (Wildman–Crippen LogP) is 7.46. The summed E-state index contributed by atoms with van der Waals surface area (Å²) >= 11 is 0. The Morgan fingerprint density at radius 2 is 1.10 bits per heavy atom. The number of imidazole rings is 2. The minimum absolute atomic E-state index is 0.00904. The summed E-state index contributed by atoms with van der Waals surface area (Å²) in [6, 6.07) is 31.9. The normalized spacial score (nSPS) is 18.8. The Balaban J connectivity index is 0.828. The van der Waals surface area contributed by atoms with Gasteiger partial charge in [0.1, 0.15) is 23.7 Å². The zero-order chi connectivity index (χ0) is 46.3. The molecule has 15 heteroatoms. The highest BCUT2D eigenvalue weighted by Crippen LogP contribution is 2.36. The third-order valence-corrected chi connectivity index (χ3v) is 12.9. The van der Waals surface area contributed by atoms with Gasteiger partial charge < -0.3 is 44.8 Å². The van der Waals surface area contributed by atoms with Crippen LogP contribution in [0.4, 0.5) is 9.59 Å². The maximum Gasteiger partial charge on any atom is 0.407 e. The second-order valence-corrected chi connectivity index (χ2v) is 17.0. The fraction of sp³-hybridized carbons (Fsp3) is 0.308. The summed E-state index contributed by atoms with van der Waals surface area (Å²) in [5.41, 5.74) is 6.64. The van der Waals surface area contributed by atoms with Crippen LogP contribution in [0.5, 0.6) is 0 Å². The van der Waals surface area contributed by atoms with E-state index >= 15 is 0 Å². The molecule has 5 amide bonds. The van der Waals surface area contributed by atoms with Gasteiger partial charge in [-0.2, -0.15) is 0 Å². The molecule has 4 aromatic carbocycles. The molecule has 3 saturated heterocycles. The number of aromatic amines is 2. The van der Waals surface area contributed by atoms with E-state index in [9.17, 15) is 19.2 Å². The fourth-order valence-electron chi connectivity index (χ4n) is 9.24. The van der Waals surface area contributed by atoms with Gasteiger partial charge in [0.15, 0.2) is 0 Å². The second-order valence-electron chi connectivity index (χ2n) is 17.0. The van der Waals surface area contributed by atoms with E-state index in [0.717, 1.165) is 71.3 Å². The van der Waals surface area contributed by atoms with Crippen LogP contribution < -0.4 is 10.6 Å². The van der Waals surface area contributed by atoms with Crippen LogP contribution in [0.15, 0.2) is 122 Å². The molecule has 0 bridgehead atoms. The molecule has 342 valence electrons. The summed E-state index contributed by atoms with van der Waals surface area (Å²) in [7, 11) is 2.93. The number of hydrogen-bond donors (Lipinski definition) is 4. The Morgan fingerprint density at radius 1 is 0.627 bits per heavy atom. The largest absolute Gasteiger partial charge is 0.453 e. The van der Waals surface area contributed by atoms with E-state index in [2.05, 4.69) is 37.4 Å². The summed E-state index contributed by atoms with van der Waals surface area (Å²) < 4.78 is 10.3.